The quantitative estimate of drug-likeness (QED) is 0.104. The summed E-state index contributed by atoms with van der Waals surface area (Å²) in [5.41, 5.74) is 11.5. The fourth-order valence-corrected chi connectivity index (χ4v) is 4.18. The Labute approximate surface area is 236 Å². The molecule has 0 aromatic carbocycles. The van der Waals surface area contributed by atoms with Crippen molar-refractivity contribution in [3.8, 4) is 0 Å². The molecule has 1 unspecified atom stereocenters. The molecule has 2 heterocycles. The minimum atomic E-state index is -0.697. The van der Waals surface area contributed by atoms with Gasteiger partial charge in [-0.2, -0.15) is 4.98 Å². The van der Waals surface area contributed by atoms with Crippen molar-refractivity contribution in [2.24, 2.45) is 17.6 Å². The molecule has 0 radical (unpaired) electrons. The number of nitrogens with two attached hydrogens (primary N) is 2. The predicted molar refractivity (Wildman–Crippen MR) is 156 cm³/mol. The normalized spacial score (nSPS) is 13.2. The second-order valence-corrected chi connectivity index (χ2v) is 10.7. The number of hydrogen-bond donors (Lipinski definition) is 4. The predicted octanol–water partition coefficient (Wildman–Crippen LogP) is 4.32. The van der Waals surface area contributed by atoms with Gasteiger partial charge >= 0.3 is 11.9 Å². The van der Waals surface area contributed by atoms with E-state index in [1.807, 2.05) is 13.8 Å². The number of nitrogen functional groups attached to an aromatic ring is 1. The standard InChI is InChI=1S/C29H48N6O5/c1-4-5-6-7-8-9-10-11-12-13-14-15-23(36)40-19-21(16-17-39-28(38)24(30)20(2)3)18-22-32-25-26(33-22)34-29(31)35-27(25)37/h7-8,20-21,24H,4-6,9-19,30H2,1-3H3,(H4,31,32,33,34,35,37)/t21?,24-/m0/s1. The molecule has 0 saturated carbocycles. The fourth-order valence-electron chi connectivity index (χ4n) is 4.18. The van der Waals surface area contributed by atoms with Gasteiger partial charge < -0.3 is 25.9 Å². The number of ether oxygens (including phenoxy) is 2. The number of aromatic nitrogens is 4. The van der Waals surface area contributed by atoms with E-state index in [2.05, 4.69) is 39.0 Å². The molecule has 0 spiro atoms. The largest absolute Gasteiger partial charge is 0.465 e. The molecule has 2 aromatic rings. The molecule has 0 bridgehead atoms. The number of imidazole rings is 1. The Kier molecular flexibility index (Phi) is 15.0. The summed E-state index contributed by atoms with van der Waals surface area (Å²) in [7, 11) is 0. The van der Waals surface area contributed by atoms with Crippen molar-refractivity contribution < 1.29 is 19.1 Å². The van der Waals surface area contributed by atoms with Gasteiger partial charge in [0.1, 0.15) is 11.9 Å². The maximum Gasteiger partial charge on any atom is 0.323 e. The maximum absolute atomic E-state index is 12.4. The first kappa shape index (κ1) is 33.0. The Morgan fingerprint density at radius 3 is 2.40 bits per heavy atom. The van der Waals surface area contributed by atoms with E-state index in [-0.39, 0.29) is 48.1 Å². The number of aromatic amines is 2. The van der Waals surface area contributed by atoms with Crippen molar-refractivity contribution >= 4 is 29.1 Å². The summed E-state index contributed by atoms with van der Waals surface area (Å²) in [6.07, 6.45) is 15.7. The SMILES string of the molecule is CCCCC=CCCCCCCCC(=O)OCC(CCOC(=O)[C@@H](N)C(C)C)Cc1nc2nc(N)[nH]c(=O)c2[nH]1. The summed E-state index contributed by atoms with van der Waals surface area (Å²) in [4.78, 5) is 50.5. The van der Waals surface area contributed by atoms with E-state index in [9.17, 15) is 14.4 Å². The number of nitrogens with zero attached hydrogens (tertiary/aromatic N) is 2. The van der Waals surface area contributed by atoms with E-state index < -0.39 is 17.6 Å². The molecule has 11 heteroatoms. The van der Waals surface area contributed by atoms with Gasteiger partial charge in [-0.1, -0.05) is 65.0 Å². The Balaban J connectivity index is 1.80. The van der Waals surface area contributed by atoms with Gasteiger partial charge in [0.05, 0.1) is 13.2 Å². The summed E-state index contributed by atoms with van der Waals surface area (Å²) in [5, 5.41) is 0. The molecule has 40 heavy (non-hydrogen) atoms. The molecule has 2 rings (SSSR count). The first-order chi connectivity index (χ1) is 19.2. The average molecular weight is 561 g/mol. The Morgan fingerprint density at radius 1 is 0.975 bits per heavy atom. The number of unbranched alkanes of at least 4 members (excludes halogenated alkanes) is 7. The van der Waals surface area contributed by atoms with Crippen LogP contribution in [0, 0.1) is 11.8 Å². The van der Waals surface area contributed by atoms with Crippen molar-refractivity contribution in [1.82, 2.24) is 19.9 Å². The molecule has 2 atom stereocenters. The van der Waals surface area contributed by atoms with Gasteiger partial charge in [-0.3, -0.25) is 19.4 Å². The molecule has 2 aromatic heterocycles. The Bertz CT molecular complexity index is 1130. The summed E-state index contributed by atoms with van der Waals surface area (Å²) in [5.74, 6) is -0.468. The zero-order valence-electron chi connectivity index (χ0n) is 24.4. The van der Waals surface area contributed by atoms with Crippen LogP contribution in [-0.2, 0) is 25.5 Å². The number of esters is 2. The molecule has 0 aliphatic rings. The minimum absolute atomic E-state index is 0.0197. The van der Waals surface area contributed by atoms with Crippen LogP contribution in [0.1, 0.15) is 97.2 Å². The summed E-state index contributed by atoms with van der Waals surface area (Å²) < 4.78 is 10.9. The second kappa shape index (κ2) is 18.2. The van der Waals surface area contributed by atoms with E-state index in [1.54, 1.807) is 0 Å². The smallest absolute Gasteiger partial charge is 0.323 e. The van der Waals surface area contributed by atoms with Gasteiger partial charge in [-0.05, 0) is 38.0 Å². The zero-order chi connectivity index (χ0) is 29.3. The lowest BCUT2D eigenvalue weighted by Gasteiger charge is -2.18. The lowest BCUT2D eigenvalue weighted by molar-refractivity contribution is -0.149. The first-order valence-electron chi connectivity index (χ1n) is 14.7. The maximum atomic E-state index is 12.4. The third-order valence-electron chi connectivity index (χ3n) is 6.79. The Hall–Kier alpha value is -3.21. The molecule has 6 N–H and O–H groups in total. The zero-order valence-corrected chi connectivity index (χ0v) is 24.4. The van der Waals surface area contributed by atoms with Crippen molar-refractivity contribution in [2.45, 2.75) is 104 Å². The van der Waals surface area contributed by atoms with Crippen LogP contribution in [0.15, 0.2) is 16.9 Å². The van der Waals surface area contributed by atoms with Crippen LogP contribution in [0.3, 0.4) is 0 Å². The van der Waals surface area contributed by atoms with E-state index >= 15 is 0 Å². The molecule has 0 aliphatic carbocycles. The highest BCUT2D eigenvalue weighted by atomic mass is 16.5. The summed E-state index contributed by atoms with van der Waals surface area (Å²) in [6, 6.07) is -0.697. The Morgan fingerprint density at radius 2 is 1.68 bits per heavy atom. The van der Waals surface area contributed by atoms with Gasteiger partial charge in [-0.15, -0.1) is 0 Å². The highest BCUT2D eigenvalue weighted by molar-refractivity contribution is 5.75. The molecule has 224 valence electrons. The topological polar surface area (TPSA) is 179 Å². The monoisotopic (exact) mass is 560 g/mol. The number of hydrogen-bond acceptors (Lipinski definition) is 9. The van der Waals surface area contributed by atoms with Crippen molar-refractivity contribution in [3.63, 3.8) is 0 Å². The van der Waals surface area contributed by atoms with Crippen LogP contribution >= 0.6 is 0 Å². The number of H-pyrrole nitrogens is 2. The second-order valence-electron chi connectivity index (χ2n) is 10.7. The van der Waals surface area contributed by atoms with Gasteiger partial charge in [0, 0.05) is 18.8 Å². The number of anilines is 1. The summed E-state index contributed by atoms with van der Waals surface area (Å²) >= 11 is 0. The van der Waals surface area contributed by atoms with Gasteiger partial charge in [0.2, 0.25) is 5.95 Å². The third kappa shape index (κ3) is 12.3. The molecular formula is C29H48N6O5. The van der Waals surface area contributed by atoms with Crippen LogP contribution < -0.4 is 17.0 Å². The average Bonchev–Trinajstić information content (AvgIpc) is 3.32. The lowest BCUT2D eigenvalue weighted by Crippen LogP contribution is -2.37. The van der Waals surface area contributed by atoms with Gasteiger partial charge in [0.15, 0.2) is 11.2 Å². The molecule has 0 fully saturated rings. The molecule has 0 amide bonds. The summed E-state index contributed by atoms with van der Waals surface area (Å²) in [6.45, 7) is 6.17. The van der Waals surface area contributed by atoms with Crippen LogP contribution in [-0.4, -0.2) is 51.1 Å². The van der Waals surface area contributed by atoms with Crippen molar-refractivity contribution in [3.05, 3.63) is 28.3 Å². The van der Waals surface area contributed by atoms with E-state index in [1.165, 1.54) is 25.7 Å². The van der Waals surface area contributed by atoms with Gasteiger partial charge in [0.25, 0.3) is 5.56 Å². The number of carbonyl (C=O) groups excluding carboxylic acids is 2. The minimum Gasteiger partial charge on any atom is -0.465 e. The highest BCUT2D eigenvalue weighted by Gasteiger charge is 2.21. The number of fused-ring (bicyclic) bond motifs is 1. The van der Waals surface area contributed by atoms with Crippen molar-refractivity contribution in [1.29, 1.82) is 0 Å². The van der Waals surface area contributed by atoms with Crippen LogP contribution in [0.4, 0.5) is 5.95 Å². The number of carbonyl (C=O) groups is 2. The molecular weight excluding hydrogens is 512 g/mol. The highest BCUT2D eigenvalue weighted by Crippen LogP contribution is 2.16. The number of rotatable bonds is 20. The molecule has 11 nitrogen and oxygen atoms in total. The fraction of sp³-hybridized carbons (Fsp3) is 0.690. The van der Waals surface area contributed by atoms with Crippen LogP contribution in [0.25, 0.3) is 11.2 Å². The van der Waals surface area contributed by atoms with Gasteiger partial charge in [-0.25, -0.2) is 4.98 Å². The van der Waals surface area contributed by atoms with E-state index in [4.69, 9.17) is 20.9 Å². The van der Waals surface area contributed by atoms with E-state index in [0.29, 0.717) is 25.1 Å². The number of allylic oxidation sites excluding steroid dienone is 2. The molecule has 0 aliphatic heterocycles. The lowest BCUT2D eigenvalue weighted by atomic mass is 10.0. The first-order valence-corrected chi connectivity index (χ1v) is 14.7. The van der Waals surface area contributed by atoms with E-state index in [0.717, 1.165) is 32.1 Å². The van der Waals surface area contributed by atoms with Crippen LogP contribution in [0.2, 0.25) is 0 Å². The number of nitrogens with one attached hydrogen (secondary N) is 2. The third-order valence-corrected chi connectivity index (χ3v) is 6.79. The van der Waals surface area contributed by atoms with Crippen molar-refractivity contribution in [2.75, 3.05) is 18.9 Å². The molecule has 0 saturated heterocycles. The van der Waals surface area contributed by atoms with Crippen LogP contribution in [0.5, 0.6) is 0 Å².